The van der Waals surface area contributed by atoms with Crippen LogP contribution in [0.4, 0.5) is 0 Å². The van der Waals surface area contributed by atoms with Crippen LogP contribution in [-0.4, -0.2) is 19.6 Å². The van der Waals surface area contributed by atoms with Gasteiger partial charge in [0.05, 0.1) is 11.4 Å². The van der Waals surface area contributed by atoms with Crippen LogP contribution in [0.25, 0.3) is 5.78 Å². The predicted octanol–water partition coefficient (Wildman–Crippen LogP) is 0.718. The molecule has 0 radical (unpaired) electrons. The summed E-state index contributed by atoms with van der Waals surface area (Å²) in [4.78, 5) is 20.3. The summed E-state index contributed by atoms with van der Waals surface area (Å²) >= 11 is 0. The molecule has 0 saturated carbocycles. The minimum absolute atomic E-state index is 0.145. The lowest BCUT2D eigenvalue weighted by Crippen LogP contribution is -2.23. The van der Waals surface area contributed by atoms with E-state index in [9.17, 15) is 4.79 Å². The molecule has 0 aliphatic heterocycles. The quantitative estimate of drug-likeness (QED) is 0.634. The molecule has 15 heavy (non-hydrogen) atoms. The van der Waals surface area contributed by atoms with Crippen molar-refractivity contribution >= 4 is 5.78 Å². The molecule has 0 spiro atoms. The third-order valence-electron chi connectivity index (χ3n) is 2.55. The highest BCUT2D eigenvalue weighted by atomic mass is 16.1. The van der Waals surface area contributed by atoms with E-state index >= 15 is 0 Å². The Bertz CT molecular complexity index is 595. The smallest absolute Gasteiger partial charge is 0.267 e. The van der Waals surface area contributed by atoms with E-state index in [1.807, 2.05) is 13.8 Å². The van der Waals surface area contributed by atoms with E-state index in [0.717, 1.165) is 11.4 Å². The summed E-state index contributed by atoms with van der Waals surface area (Å²) in [7, 11) is 0. The molecule has 0 bridgehead atoms. The van der Waals surface area contributed by atoms with Crippen LogP contribution >= 0.6 is 0 Å². The van der Waals surface area contributed by atoms with Gasteiger partial charge in [-0.1, -0.05) is 0 Å². The van der Waals surface area contributed by atoms with E-state index in [1.54, 1.807) is 13.8 Å². The Morgan fingerprint density at radius 3 is 2.20 bits per heavy atom. The molecular weight excluding hydrogens is 192 g/mol. The summed E-state index contributed by atoms with van der Waals surface area (Å²) in [5.41, 5.74) is 2.72. The molecule has 0 fully saturated rings. The molecule has 0 N–H and O–H groups in total. The minimum atomic E-state index is -0.145. The SMILES string of the molecule is Cc1nc2nc(C)c(C)c(=O)n2nc1C. The van der Waals surface area contributed by atoms with Gasteiger partial charge < -0.3 is 0 Å². The minimum Gasteiger partial charge on any atom is -0.267 e. The van der Waals surface area contributed by atoms with E-state index < -0.39 is 0 Å². The highest BCUT2D eigenvalue weighted by molar-refractivity contribution is 5.32. The summed E-state index contributed by atoms with van der Waals surface area (Å²) in [6.07, 6.45) is 0. The Kier molecular flexibility index (Phi) is 2.03. The first kappa shape index (κ1) is 9.76. The average molecular weight is 204 g/mol. The lowest BCUT2D eigenvalue weighted by Gasteiger charge is -2.05. The van der Waals surface area contributed by atoms with Gasteiger partial charge in [-0.05, 0) is 27.7 Å². The van der Waals surface area contributed by atoms with Crippen molar-refractivity contribution in [2.24, 2.45) is 0 Å². The van der Waals surface area contributed by atoms with Crippen molar-refractivity contribution in [3.05, 3.63) is 33.0 Å². The van der Waals surface area contributed by atoms with E-state index in [-0.39, 0.29) is 5.56 Å². The summed E-state index contributed by atoms with van der Waals surface area (Å²) in [6, 6.07) is 0. The van der Waals surface area contributed by atoms with Crippen molar-refractivity contribution in [1.82, 2.24) is 19.6 Å². The normalized spacial score (nSPS) is 10.9. The van der Waals surface area contributed by atoms with Gasteiger partial charge >= 0.3 is 0 Å². The molecule has 0 aliphatic carbocycles. The lowest BCUT2D eigenvalue weighted by molar-refractivity contribution is 0.783. The number of aromatic nitrogens is 4. The van der Waals surface area contributed by atoms with Crippen molar-refractivity contribution in [2.75, 3.05) is 0 Å². The molecule has 0 amide bonds. The maximum absolute atomic E-state index is 11.8. The number of aryl methyl sites for hydroxylation is 3. The Labute approximate surface area is 86.8 Å². The Morgan fingerprint density at radius 1 is 0.933 bits per heavy atom. The number of fused-ring (bicyclic) bond motifs is 1. The van der Waals surface area contributed by atoms with Crippen LogP contribution < -0.4 is 5.56 Å². The van der Waals surface area contributed by atoms with Crippen molar-refractivity contribution in [1.29, 1.82) is 0 Å². The van der Waals surface area contributed by atoms with E-state index in [2.05, 4.69) is 15.1 Å². The van der Waals surface area contributed by atoms with Crippen molar-refractivity contribution < 1.29 is 0 Å². The first-order chi connectivity index (χ1) is 7.00. The maximum Gasteiger partial charge on any atom is 0.278 e. The van der Waals surface area contributed by atoms with Crippen LogP contribution in [0, 0.1) is 27.7 Å². The molecule has 2 heterocycles. The number of rotatable bonds is 0. The van der Waals surface area contributed by atoms with Crippen LogP contribution in [0.2, 0.25) is 0 Å². The molecule has 0 aliphatic rings. The first-order valence-corrected chi connectivity index (χ1v) is 4.72. The molecule has 2 aromatic heterocycles. The van der Waals surface area contributed by atoms with E-state index in [0.29, 0.717) is 17.0 Å². The fourth-order valence-electron chi connectivity index (χ4n) is 1.30. The number of hydrogen-bond donors (Lipinski definition) is 0. The summed E-state index contributed by atoms with van der Waals surface area (Å²) < 4.78 is 1.25. The Balaban J connectivity index is 3.00. The zero-order valence-electron chi connectivity index (χ0n) is 9.20. The third-order valence-corrected chi connectivity index (χ3v) is 2.55. The topological polar surface area (TPSA) is 60.2 Å². The van der Waals surface area contributed by atoms with Crippen LogP contribution in [-0.2, 0) is 0 Å². The summed E-state index contributed by atoms with van der Waals surface area (Å²) in [6.45, 7) is 7.22. The van der Waals surface area contributed by atoms with Crippen molar-refractivity contribution in [2.45, 2.75) is 27.7 Å². The molecule has 2 rings (SSSR count). The van der Waals surface area contributed by atoms with Gasteiger partial charge in [0.2, 0.25) is 0 Å². The fourth-order valence-corrected chi connectivity index (χ4v) is 1.30. The van der Waals surface area contributed by atoms with Crippen LogP contribution in [0.1, 0.15) is 22.6 Å². The second-order valence-corrected chi connectivity index (χ2v) is 3.62. The molecule has 2 aromatic rings. The van der Waals surface area contributed by atoms with Gasteiger partial charge in [-0.15, -0.1) is 0 Å². The van der Waals surface area contributed by atoms with Gasteiger partial charge in [0.15, 0.2) is 0 Å². The van der Waals surface area contributed by atoms with Gasteiger partial charge in [0.25, 0.3) is 11.3 Å². The second-order valence-electron chi connectivity index (χ2n) is 3.62. The van der Waals surface area contributed by atoms with Crippen LogP contribution in [0.15, 0.2) is 4.79 Å². The fraction of sp³-hybridized carbons (Fsp3) is 0.400. The third kappa shape index (κ3) is 1.40. The zero-order valence-corrected chi connectivity index (χ0v) is 9.20. The molecule has 78 valence electrons. The predicted molar refractivity (Wildman–Crippen MR) is 56.0 cm³/mol. The summed E-state index contributed by atoms with van der Waals surface area (Å²) in [5.74, 6) is 0.367. The zero-order chi connectivity index (χ0) is 11.2. The number of hydrogen-bond acceptors (Lipinski definition) is 4. The highest BCUT2D eigenvalue weighted by Gasteiger charge is 2.08. The largest absolute Gasteiger partial charge is 0.278 e. The monoisotopic (exact) mass is 204 g/mol. The van der Waals surface area contributed by atoms with Crippen molar-refractivity contribution in [3.8, 4) is 0 Å². The maximum atomic E-state index is 11.8. The first-order valence-electron chi connectivity index (χ1n) is 4.72. The lowest BCUT2D eigenvalue weighted by atomic mass is 10.3. The average Bonchev–Trinajstić information content (AvgIpc) is 2.19. The molecule has 0 aromatic carbocycles. The van der Waals surface area contributed by atoms with Crippen molar-refractivity contribution in [3.63, 3.8) is 0 Å². The van der Waals surface area contributed by atoms with Gasteiger partial charge in [-0.25, -0.2) is 9.97 Å². The summed E-state index contributed by atoms with van der Waals surface area (Å²) in [5, 5.41) is 4.16. The molecule has 0 atom stereocenters. The molecule has 0 unspecified atom stereocenters. The van der Waals surface area contributed by atoms with E-state index in [1.165, 1.54) is 4.52 Å². The standard InChI is InChI=1S/C10H12N4O/c1-5-6(2)11-10-12-7(3)8(4)13-14(10)9(5)15/h1-4H3. The van der Waals surface area contributed by atoms with Gasteiger partial charge in [0.1, 0.15) is 0 Å². The van der Waals surface area contributed by atoms with Gasteiger partial charge in [-0.3, -0.25) is 4.79 Å². The molecule has 0 saturated heterocycles. The molecule has 5 heteroatoms. The van der Waals surface area contributed by atoms with Gasteiger partial charge in [0, 0.05) is 11.3 Å². The number of nitrogens with zero attached hydrogens (tertiary/aromatic N) is 4. The van der Waals surface area contributed by atoms with Gasteiger partial charge in [-0.2, -0.15) is 9.61 Å². The highest BCUT2D eigenvalue weighted by Crippen LogP contribution is 2.02. The molecular formula is C10H12N4O. The van der Waals surface area contributed by atoms with Crippen LogP contribution in [0.3, 0.4) is 0 Å². The second kappa shape index (κ2) is 3.12. The van der Waals surface area contributed by atoms with E-state index in [4.69, 9.17) is 0 Å². The Hall–Kier alpha value is -1.78. The Morgan fingerprint density at radius 2 is 1.53 bits per heavy atom. The molecule has 5 nitrogen and oxygen atoms in total. The van der Waals surface area contributed by atoms with Crippen LogP contribution in [0.5, 0.6) is 0 Å².